The minimum absolute atomic E-state index is 0.0967. The van der Waals surface area contributed by atoms with Gasteiger partial charge in [-0.05, 0) is 42.8 Å². The van der Waals surface area contributed by atoms with Crippen LogP contribution in [-0.2, 0) is 6.54 Å². The Morgan fingerprint density at radius 3 is 2.85 bits per heavy atom. The lowest BCUT2D eigenvalue weighted by Gasteiger charge is -2.12. The van der Waals surface area contributed by atoms with E-state index in [1.54, 1.807) is 12.1 Å². The number of furan rings is 1. The molecule has 0 bridgehead atoms. The average molecular weight is 342 g/mol. The van der Waals surface area contributed by atoms with Crippen molar-refractivity contribution in [1.82, 2.24) is 5.32 Å². The summed E-state index contributed by atoms with van der Waals surface area (Å²) in [7, 11) is 0. The topological polar surface area (TPSA) is 62.5 Å². The van der Waals surface area contributed by atoms with E-state index in [0.717, 1.165) is 10.0 Å². The van der Waals surface area contributed by atoms with Gasteiger partial charge in [0.25, 0.3) is 0 Å². The molecule has 4 nitrogen and oxygen atoms in total. The summed E-state index contributed by atoms with van der Waals surface area (Å²) >= 11 is 3.35. The molecule has 106 valence electrons. The van der Waals surface area contributed by atoms with Gasteiger partial charge < -0.3 is 14.8 Å². The Labute approximate surface area is 123 Å². The predicted molar refractivity (Wildman–Crippen MR) is 75.0 cm³/mol. The van der Waals surface area contributed by atoms with Gasteiger partial charge in [0, 0.05) is 11.0 Å². The second-order valence-corrected chi connectivity index (χ2v) is 5.20. The summed E-state index contributed by atoms with van der Waals surface area (Å²) in [6, 6.07) is 7.30. The Hall–Kier alpha value is -1.66. The van der Waals surface area contributed by atoms with Crippen molar-refractivity contribution >= 4 is 21.9 Å². The highest BCUT2D eigenvalue weighted by Gasteiger charge is 2.14. The fourth-order valence-corrected chi connectivity index (χ4v) is 2.13. The Balaban J connectivity index is 2.02. The monoisotopic (exact) mass is 341 g/mol. The zero-order chi connectivity index (χ0) is 14.7. The highest BCUT2D eigenvalue weighted by Crippen LogP contribution is 2.20. The number of aromatic carboxylic acids is 1. The fraction of sp³-hybridized carbons (Fsp3) is 0.214. The molecule has 0 saturated heterocycles. The zero-order valence-electron chi connectivity index (χ0n) is 10.7. The molecule has 2 rings (SSSR count). The second kappa shape index (κ2) is 6.19. The van der Waals surface area contributed by atoms with Gasteiger partial charge in [0.2, 0.25) is 5.76 Å². The van der Waals surface area contributed by atoms with Crippen molar-refractivity contribution in [3.8, 4) is 0 Å². The van der Waals surface area contributed by atoms with Crippen molar-refractivity contribution in [2.75, 3.05) is 0 Å². The van der Waals surface area contributed by atoms with Crippen molar-refractivity contribution in [3.05, 3.63) is 57.7 Å². The molecule has 0 aliphatic carbocycles. The molecule has 2 N–H and O–H groups in total. The van der Waals surface area contributed by atoms with Crippen molar-refractivity contribution in [3.63, 3.8) is 0 Å². The van der Waals surface area contributed by atoms with Crippen LogP contribution in [0.5, 0.6) is 0 Å². The summed E-state index contributed by atoms with van der Waals surface area (Å²) in [5, 5.41) is 11.9. The van der Waals surface area contributed by atoms with Crippen LogP contribution >= 0.6 is 15.9 Å². The lowest BCUT2D eigenvalue weighted by Crippen LogP contribution is -2.18. The van der Waals surface area contributed by atoms with Crippen molar-refractivity contribution in [2.24, 2.45) is 0 Å². The molecular weight excluding hydrogens is 329 g/mol. The Kier molecular flexibility index (Phi) is 4.57. The van der Waals surface area contributed by atoms with Gasteiger partial charge in [-0.25, -0.2) is 9.18 Å². The minimum Gasteiger partial charge on any atom is -0.475 e. The van der Waals surface area contributed by atoms with Crippen LogP contribution in [0.3, 0.4) is 0 Å². The van der Waals surface area contributed by atoms with E-state index in [0.29, 0.717) is 12.3 Å². The van der Waals surface area contributed by atoms with Gasteiger partial charge in [-0.15, -0.1) is 0 Å². The first-order valence-corrected chi connectivity index (χ1v) is 6.77. The standard InChI is InChI=1S/C14H13BrFNO3/c1-8(12-4-5-13(20-12)14(18)19)17-7-9-6-10(16)2-3-11(9)15/h2-6,8,17H,7H2,1H3,(H,18,19). The van der Waals surface area contributed by atoms with Crippen LogP contribution in [0.1, 0.15) is 34.8 Å². The molecule has 0 aliphatic heterocycles. The third-order valence-corrected chi connectivity index (χ3v) is 3.64. The number of carboxylic acid groups (broad SMARTS) is 1. The van der Waals surface area contributed by atoms with Crippen LogP contribution in [0, 0.1) is 5.82 Å². The van der Waals surface area contributed by atoms with Crippen LogP contribution < -0.4 is 5.32 Å². The lowest BCUT2D eigenvalue weighted by atomic mass is 10.2. The lowest BCUT2D eigenvalue weighted by molar-refractivity contribution is 0.0659. The van der Waals surface area contributed by atoms with Crippen LogP contribution in [0.15, 0.2) is 39.2 Å². The van der Waals surface area contributed by atoms with Gasteiger partial charge in [0.1, 0.15) is 11.6 Å². The molecule has 0 spiro atoms. The number of nitrogens with one attached hydrogen (secondary N) is 1. The van der Waals surface area contributed by atoms with Crippen molar-refractivity contribution in [2.45, 2.75) is 19.5 Å². The molecule has 20 heavy (non-hydrogen) atoms. The number of benzene rings is 1. The van der Waals surface area contributed by atoms with Gasteiger partial charge in [0.15, 0.2) is 0 Å². The molecule has 0 saturated carbocycles. The van der Waals surface area contributed by atoms with E-state index in [2.05, 4.69) is 21.2 Å². The number of rotatable bonds is 5. The molecule has 1 heterocycles. The fourth-order valence-electron chi connectivity index (χ4n) is 1.74. The largest absolute Gasteiger partial charge is 0.475 e. The first-order chi connectivity index (χ1) is 9.47. The molecule has 0 radical (unpaired) electrons. The summed E-state index contributed by atoms with van der Waals surface area (Å²) in [6.45, 7) is 2.28. The van der Waals surface area contributed by atoms with Gasteiger partial charge in [-0.1, -0.05) is 15.9 Å². The number of hydrogen-bond acceptors (Lipinski definition) is 3. The maximum Gasteiger partial charge on any atom is 0.371 e. The Morgan fingerprint density at radius 2 is 2.20 bits per heavy atom. The van der Waals surface area contributed by atoms with E-state index in [-0.39, 0.29) is 17.6 Å². The van der Waals surface area contributed by atoms with Crippen LogP contribution in [0.2, 0.25) is 0 Å². The zero-order valence-corrected chi connectivity index (χ0v) is 12.3. The molecule has 1 unspecified atom stereocenters. The van der Waals surface area contributed by atoms with Crippen molar-refractivity contribution in [1.29, 1.82) is 0 Å². The van der Waals surface area contributed by atoms with Crippen LogP contribution in [0.4, 0.5) is 4.39 Å². The smallest absolute Gasteiger partial charge is 0.371 e. The number of halogens is 2. The highest BCUT2D eigenvalue weighted by atomic mass is 79.9. The van der Waals surface area contributed by atoms with E-state index in [1.807, 2.05) is 6.92 Å². The van der Waals surface area contributed by atoms with Crippen molar-refractivity contribution < 1.29 is 18.7 Å². The van der Waals surface area contributed by atoms with E-state index in [4.69, 9.17) is 9.52 Å². The summed E-state index contributed by atoms with van der Waals surface area (Å²) in [4.78, 5) is 10.7. The van der Waals surface area contributed by atoms with E-state index in [1.165, 1.54) is 18.2 Å². The summed E-state index contributed by atoms with van der Waals surface area (Å²) in [6.07, 6.45) is 0. The Bertz CT molecular complexity index is 627. The second-order valence-electron chi connectivity index (χ2n) is 4.35. The Morgan fingerprint density at radius 1 is 1.45 bits per heavy atom. The minimum atomic E-state index is -1.10. The molecular formula is C14H13BrFNO3. The van der Waals surface area contributed by atoms with E-state index in [9.17, 15) is 9.18 Å². The first-order valence-electron chi connectivity index (χ1n) is 5.97. The molecule has 2 aromatic rings. The van der Waals surface area contributed by atoms with Gasteiger partial charge in [-0.2, -0.15) is 0 Å². The predicted octanol–water partition coefficient (Wildman–Crippen LogP) is 3.73. The van der Waals surface area contributed by atoms with E-state index >= 15 is 0 Å². The quantitative estimate of drug-likeness (QED) is 0.869. The molecule has 1 atom stereocenters. The first kappa shape index (κ1) is 14.7. The summed E-state index contributed by atoms with van der Waals surface area (Å²) in [5.41, 5.74) is 0.780. The molecule has 0 amide bonds. The number of hydrogen-bond donors (Lipinski definition) is 2. The molecule has 1 aromatic heterocycles. The van der Waals surface area contributed by atoms with Gasteiger partial charge in [-0.3, -0.25) is 0 Å². The SMILES string of the molecule is CC(NCc1cc(F)ccc1Br)c1ccc(C(=O)O)o1. The van der Waals surface area contributed by atoms with Crippen LogP contribution in [0.25, 0.3) is 0 Å². The van der Waals surface area contributed by atoms with Gasteiger partial charge in [0.05, 0.1) is 6.04 Å². The number of carbonyl (C=O) groups is 1. The normalized spacial score (nSPS) is 12.3. The molecule has 1 aromatic carbocycles. The molecule has 6 heteroatoms. The average Bonchev–Trinajstić information content (AvgIpc) is 2.89. The number of carboxylic acids is 1. The maximum absolute atomic E-state index is 13.2. The third-order valence-electron chi connectivity index (χ3n) is 2.87. The van der Waals surface area contributed by atoms with Crippen LogP contribution in [-0.4, -0.2) is 11.1 Å². The summed E-state index contributed by atoms with van der Waals surface area (Å²) < 4.78 is 19.2. The maximum atomic E-state index is 13.2. The van der Waals surface area contributed by atoms with E-state index < -0.39 is 5.97 Å². The third kappa shape index (κ3) is 3.46. The molecule has 0 fully saturated rings. The molecule has 0 aliphatic rings. The summed E-state index contributed by atoms with van der Waals surface area (Å²) in [5.74, 6) is -0.976. The van der Waals surface area contributed by atoms with Gasteiger partial charge >= 0.3 is 5.97 Å². The highest BCUT2D eigenvalue weighted by molar-refractivity contribution is 9.10.